The van der Waals surface area contributed by atoms with Gasteiger partial charge in [-0.25, -0.2) is 0 Å². The van der Waals surface area contributed by atoms with Gasteiger partial charge in [0.25, 0.3) is 0 Å². The molecule has 0 saturated heterocycles. The van der Waals surface area contributed by atoms with Crippen LogP contribution in [0.5, 0.6) is 5.75 Å². The summed E-state index contributed by atoms with van der Waals surface area (Å²) in [5.74, 6) is 3.19. The molecule has 5 nitrogen and oxygen atoms in total. The third-order valence-electron chi connectivity index (χ3n) is 3.72. The predicted octanol–water partition coefficient (Wildman–Crippen LogP) is 1.45. The second-order valence-corrected chi connectivity index (χ2v) is 5.14. The minimum atomic E-state index is 0.234. The van der Waals surface area contributed by atoms with Crippen molar-refractivity contribution in [3.63, 3.8) is 0 Å². The van der Waals surface area contributed by atoms with E-state index in [2.05, 4.69) is 14.8 Å². The average Bonchev–Trinajstić information content (AvgIpc) is 2.91. The third kappa shape index (κ3) is 2.82. The molecule has 106 valence electrons. The van der Waals surface area contributed by atoms with Crippen molar-refractivity contribution in [1.29, 1.82) is 0 Å². The summed E-state index contributed by atoms with van der Waals surface area (Å²) in [5, 5.41) is 17.8. The van der Waals surface area contributed by atoms with Gasteiger partial charge in [0.1, 0.15) is 17.4 Å². The highest BCUT2D eigenvalue weighted by atomic mass is 16.5. The van der Waals surface area contributed by atoms with Crippen LogP contribution in [0.3, 0.4) is 0 Å². The highest BCUT2D eigenvalue weighted by Crippen LogP contribution is 2.20. The monoisotopic (exact) mass is 273 g/mol. The zero-order valence-corrected chi connectivity index (χ0v) is 11.4. The van der Waals surface area contributed by atoms with Crippen LogP contribution in [0.2, 0.25) is 0 Å². The van der Waals surface area contributed by atoms with Gasteiger partial charge in [0.2, 0.25) is 0 Å². The molecule has 1 unspecified atom stereocenters. The fraction of sp³-hybridized carbons (Fsp3) is 0.467. The van der Waals surface area contributed by atoms with Gasteiger partial charge in [-0.15, -0.1) is 10.2 Å². The highest BCUT2D eigenvalue weighted by Gasteiger charge is 2.22. The van der Waals surface area contributed by atoms with Gasteiger partial charge in [0, 0.05) is 31.9 Å². The first-order chi connectivity index (χ1) is 9.86. The maximum Gasteiger partial charge on any atom is 0.136 e. The van der Waals surface area contributed by atoms with Gasteiger partial charge in [-0.3, -0.25) is 0 Å². The SMILES string of the molecule is OCC1CCc2nnc(CCOc3ccccc3)n2C1. The number of aliphatic hydroxyl groups excluding tert-OH is 1. The Morgan fingerprint density at radius 3 is 2.90 bits per heavy atom. The Morgan fingerprint density at radius 1 is 1.25 bits per heavy atom. The molecule has 0 aliphatic carbocycles. The standard InChI is InChI=1S/C15H19N3O2/c19-11-12-6-7-14-16-17-15(18(14)10-12)8-9-20-13-4-2-1-3-5-13/h1-5,12,19H,6-11H2. The molecule has 1 aliphatic rings. The molecule has 1 aliphatic heterocycles. The molecule has 2 aromatic rings. The van der Waals surface area contributed by atoms with Crippen LogP contribution >= 0.6 is 0 Å². The van der Waals surface area contributed by atoms with E-state index in [0.717, 1.165) is 43.2 Å². The first kappa shape index (κ1) is 13.1. The lowest BCUT2D eigenvalue weighted by Gasteiger charge is -2.22. The first-order valence-corrected chi connectivity index (χ1v) is 7.06. The van der Waals surface area contributed by atoms with E-state index in [0.29, 0.717) is 12.5 Å². The van der Waals surface area contributed by atoms with Crippen LogP contribution in [0, 0.1) is 5.92 Å². The van der Waals surface area contributed by atoms with E-state index in [-0.39, 0.29) is 6.61 Å². The molecule has 1 atom stereocenters. The molecule has 0 bridgehead atoms. The van der Waals surface area contributed by atoms with Gasteiger partial charge in [0.15, 0.2) is 0 Å². The number of hydrogen-bond donors (Lipinski definition) is 1. The number of para-hydroxylation sites is 1. The van der Waals surface area contributed by atoms with Crippen molar-refractivity contribution in [2.24, 2.45) is 5.92 Å². The van der Waals surface area contributed by atoms with Crippen molar-refractivity contribution in [3.05, 3.63) is 42.0 Å². The minimum Gasteiger partial charge on any atom is -0.493 e. The van der Waals surface area contributed by atoms with Crippen molar-refractivity contribution in [3.8, 4) is 5.75 Å². The highest BCUT2D eigenvalue weighted by molar-refractivity contribution is 5.20. The van der Waals surface area contributed by atoms with Gasteiger partial charge in [-0.2, -0.15) is 0 Å². The molecule has 0 amide bonds. The van der Waals surface area contributed by atoms with Gasteiger partial charge in [-0.05, 0) is 18.6 Å². The van der Waals surface area contributed by atoms with E-state index in [1.165, 1.54) is 0 Å². The molecule has 1 aromatic heterocycles. The van der Waals surface area contributed by atoms with Crippen molar-refractivity contribution in [2.45, 2.75) is 25.8 Å². The number of benzene rings is 1. The summed E-state index contributed by atoms with van der Waals surface area (Å²) in [6.45, 7) is 1.64. The van der Waals surface area contributed by atoms with Crippen molar-refractivity contribution in [2.75, 3.05) is 13.2 Å². The third-order valence-corrected chi connectivity index (χ3v) is 3.72. The fourth-order valence-corrected chi connectivity index (χ4v) is 2.56. The minimum absolute atomic E-state index is 0.234. The van der Waals surface area contributed by atoms with Gasteiger partial charge in [-0.1, -0.05) is 18.2 Å². The van der Waals surface area contributed by atoms with E-state index in [9.17, 15) is 5.11 Å². The van der Waals surface area contributed by atoms with Crippen LogP contribution in [-0.2, 0) is 19.4 Å². The number of rotatable bonds is 5. The Kier molecular flexibility index (Phi) is 3.97. The number of fused-ring (bicyclic) bond motifs is 1. The molecule has 3 rings (SSSR count). The van der Waals surface area contributed by atoms with Crippen LogP contribution in [-0.4, -0.2) is 33.1 Å². The second kappa shape index (κ2) is 6.05. The maximum atomic E-state index is 9.29. The number of aliphatic hydroxyl groups is 1. The smallest absolute Gasteiger partial charge is 0.136 e. The van der Waals surface area contributed by atoms with Crippen LogP contribution in [0.1, 0.15) is 18.1 Å². The molecule has 1 N–H and O–H groups in total. The Labute approximate surface area is 118 Å². The van der Waals surface area contributed by atoms with Crippen LogP contribution in [0.15, 0.2) is 30.3 Å². The quantitative estimate of drug-likeness (QED) is 0.896. The molecule has 5 heteroatoms. The number of ether oxygens (including phenoxy) is 1. The number of aryl methyl sites for hydroxylation is 1. The number of aromatic nitrogens is 3. The van der Waals surface area contributed by atoms with Gasteiger partial charge < -0.3 is 14.4 Å². The van der Waals surface area contributed by atoms with Crippen LogP contribution in [0.4, 0.5) is 0 Å². The topological polar surface area (TPSA) is 60.2 Å². The zero-order valence-electron chi connectivity index (χ0n) is 11.4. The number of nitrogens with zero attached hydrogens (tertiary/aromatic N) is 3. The van der Waals surface area contributed by atoms with Gasteiger partial charge in [0.05, 0.1) is 6.61 Å². The second-order valence-electron chi connectivity index (χ2n) is 5.14. The molecular weight excluding hydrogens is 254 g/mol. The van der Waals surface area contributed by atoms with E-state index < -0.39 is 0 Å². The Hall–Kier alpha value is -1.88. The largest absolute Gasteiger partial charge is 0.493 e. The van der Waals surface area contributed by atoms with Crippen molar-refractivity contribution < 1.29 is 9.84 Å². The van der Waals surface area contributed by atoms with Crippen molar-refractivity contribution >= 4 is 0 Å². The molecule has 20 heavy (non-hydrogen) atoms. The van der Waals surface area contributed by atoms with Crippen LogP contribution < -0.4 is 4.74 Å². The summed E-state index contributed by atoms with van der Waals surface area (Å²) in [6, 6.07) is 9.78. The Bertz CT molecular complexity index is 554. The summed E-state index contributed by atoms with van der Waals surface area (Å²) in [4.78, 5) is 0. The summed E-state index contributed by atoms with van der Waals surface area (Å²) in [6.07, 6.45) is 2.63. The fourth-order valence-electron chi connectivity index (χ4n) is 2.56. The maximum absolute atomic E-state index is 9.29. The lowest BCUT2D eigenvalue weighted by molar-refractivity contribution is 0.189. The average molecular weight is 273 g/mol. The Morgan fingerprint density at radius 2 is 2.10 bits per heavy atom. The lowest BCUT2D eigenvalue weighted by atomic mass is 10.0. The van der Waals surface area contributed by atoms with E-state index in [1.807, 2.05) is 30.3 Å². The molecular formula is C15H19N3O2. The van der Waals surface area contributed by atoms with Crippen molar-refractivity contribution in [1.82, 2.24) is 14.8 Å². The summed E-state index contributed by atoms with van der Waals surface area (Å²) in [7, 11) is 0. The summed E-state index contributed by atoms with van der Waals surface area (Å²) in [5.41, 5.74) is 0. The lowest BCUT2D eigenvalue weighted by Crippen LogP contribution is -2.24. The van der Waals surface area contributed by atoms with Gasteiger partial charge >= 0.3 is 0 Å². The Balaban J connectivity index is 1.60. The zero-order chi connectivity index (χ0) is 13.8. The van der Waals surface area contributed by atoms with E-state index in [1.54, 1.807) is 0 Å². The molecule has 0 spiro atoms. The summed E-state index contributed by atoms with van der Waals surface area (Å²) >= 11 is 0. The van der Waals surface area contributed by atoms with Crippen LogP contribution in [0.25, 0.3) is 0 Å². The molecule has 0 radical (unpaired) electrons. The number of hydrogen-bond acceptors (Lipinski definition) is 4. The first-order valence-electron chi connectivity index (χ1n) is 7.06. The summed E-state index contributed by atoms with van der Waals surface area (Å²) < 4.78 is 7.83. The normalized spacial score (nSPS) is 17.8. The molecule has 0 saturated carbocycles. The molecule has 0 fully saturated rings. The molecule has 2 heterocycles. The predicted molar refractivity (Wildman–Crippen MR) is 74.6 cm³/mol. The van der Waals surface area contributed by atoms with E-state index in [4.69, 9.17) is 4.74 Å². The van der Waals surface area contributed by atoms with E-state index >= 15 is 0 Å². The molecule has 1 aromatic carbocycles.